The molecule has 0 aliphatic heterocycles. The molecule has 0 aromatic carbocycles. The summed E-state index contributed by atoms with van der Waals surface area (Å²) in [6.07, 6.45) is 5.29. The molecular weight excluding hydrogens is 128 g/mol. The van der Waals surface area contributed by atoms with Crippen LogP contribution in [0.4, 0.5) is 0 Å². The zero-order valence-corrected chi connectivity index (χ0v) is 5.79. The molecule has 2 atom stereocenters. The molecule has 0 aromatic rings. The summed E-state index contributed by atoms with van der Waals surface area (Å²) in [6, 6.07) is 0.0197. The number of carbonyl (C=O) groups excluding carboxylic acids is 1. The molecule has 0 spiro atoms. The second-order valence-electron chi connectivity index (χ2n) is 2.66. The van der Waals surface area contributed by atoms with Crippen LogP contribution < -0.4 is 11.5 Å². The molecule has 56 valence electrons. The first-order valence-corrected chi connectivity index (χ1v) is 3.41. The molecule has 0 radical (unpaired) electrons. The van der Waals surface area contributed by atoms with Crippen molar-refractivity contribution >= 4 is 5.91 Å². The van der Waals surface area contributed by atoms with E-state index in [1.807, 2.05) is 12.2 Å². The fraction of sp³-hybridized carbons (Fsp3) is 0.571. The summed E-state index contributed by atoms with van der Waals surface area (Å²) >= 11 is 0. The largest absolute Gasteiger partial charge is 0.369 e. The number of rotatable bonds is 1. The van der Waals surface area contributed by atoms with Crippen LogP contribution in [0.1, 0.15) is 12.8 Å². The third-order valence-corrected chi connectivity index (χ3v) is 1.76. The van der Waals surface area contributed by atoms with Crippen LogP contribution in [-0.4, -0.2) is 11.9 Å². The zero-order valence-electron chi connectivity index (χ0n) is 5.79. The van der Waals surface area contributed by atoms with E-state index in [9.17, 15) is 4.79 Å². The standard InChI is InChI=1S/C7H12N2O/c8-6-3-1-2-5(4-6)7(9)10/h1,3,5-6H,2,4,8H2,(H2,9,10)/t5-,6-/m0/s1. The zero-order chi connectivity index (χ0) is 7.56. The van der Waals surface area contributed by atoms with E-state index in [2.05, 4.69) is 0 Å². The summed E-state index contributed by atoms with van der Waals surface area (Å²) in [5, 5.41) is 0. The first-order chi connectivity index (χ1) is 4.70. The van der Waals surface area contributed by atoms with Crippen LogP contribution in [0.2, 0.25) is 0 Å². The quantitative estimate of drug-likeness (QED) is 0.494. The van der Waals surface area contributed by atoms with Crippen LogP contribution >= 0.6 is 0 Å². The molecule has 1 rings (SSSR count). The Kier molecular flexibility index (Phi) is 2.06. The van der Waals surface area contributed by atoms with E-state index in [0.29, 0.717) is 6.42 Å². The van der Waals surface area contributed by atoms with Crippen LogP contribution in [0, 0.1) is 5.92 Å². The van der Waals surface area contributed by atoms with Crippen molar-refractivity contribution in [3.8, 4) is 0 Å². The maximum absolute atomic E-state index is 10.6. The van der Waals surface area contributed by atoms with Crippen molar-refractivity contribution in [3.05, 3.63) is 12.2 Å². The molecule has 10 heavy (non-hydrogen) atoms. The fourth-order valence-corrected chi connectivity index (χ4v) is 1.15. The highest BCUT2D eigenvalue weighted by molar-refractivity contribution is 5.77. The monoisotopic (exact) mass is 140 g/mol. The van der Waals surface area contributed by atoms with Gasteiger partial charge in [0.05, 0.1) is 0 Å². The minimum absolute atomic E-state index is 0.0197. The van der Waals surface area contributed by atoms with Gasteiger partial charge in [-0.1, -0.05) is 12.2 Å². The van der Waals surface area contributed by atoms with Crippen molar-refractivity contribution in [3.63, 3.8) is 0 Å². The maximum Gasteiger partial charge on any atom is 0.220 e. The lowest BCUT2D eigenvalue weighted by molar-refractivity contribution is -0.122. The highest BCUT2D eigenvalue weighted by atomic mass is 16.1. The average Bonchev–Trinajstić information content (AvgIpc) is 1.88. The molecule has 0 bridgehead atoms. The predicted octanol–water partition coefficient (Wildman–Crippen LogP) is -0.235. The van der Waals surface area contributed by atoms with Gasteiger partial charge in [-0.3, -0.25) is 4.79 Å². The summed E-state index contributed by atoms with van der Waals surface area (Å²) in [6.45, 7) is 0. The Morgan fingerprint density at radius 1 is 1.60 bits per heavy atom. The molecule has 0 saturated carbocycles. The van der Waals surface area contributed by atoms with Gasteiger partial charge in [0.15, 0.2) is 0 Å². The van der Waals surface area contributed by atoms with Crippen molar-refractivity contribution < 1.29 is 4.79 Å². The number of carbonyl (C=O) groups is 1. The van der Waals surface area contributed by atoms with Gasteiger partial charge in [0.25, 0.3) is 0 Å². The number of primary amides is 1. The molecule has 0 unspecified atom stereocenters. The Labute approximate surface area is 60.1 Å². The lowest BCUT2D eigenvalue weighted by atomic mass is 9.91. The predicted molar refractivity (Wildman–Crippen MR) is 39.0 cm³/mol. The number of hydrogen-bond acceptors (Lipinski definition) is 2. The van der Waals surface area contributed by atoms with Gasteiger partial charge in [-0.05, 0) is 12.8 Å². The van der Waals surface area contributed by atoms with Crippen molar-refractivity contribution in [2.75, 3.05) is 0 Å². The van der Waals surface area contributed by atoms with Crippen LogP contribution in [-0.2, 0) is 4.79 Å². The van der Waals surface area contributed by atoms with E-state index < -0.39 is 0 Å². The number of hydrogen-bond donors (Lipinski definition) is 2. The molecule has 1 amide bonds. The summed E-state index contributed by atoms with van der Waals surface area (Å²) < 4.78 is 0. The van der Waals surface area contributed by atoms with Crippen molar-refractivity contribution in [1.29, 1.82) is 0 Å². The number of allylic oxidation sites excluding steroid dienone is 1. The Hall–Kier alpha value is -0.830. The third kappa shape index (κ3) is 1.57. The summed E-state index contributed by atoms with van der Waals surface area (Å²) in [7, 11) is 0. The molecule has 3 heteroatoms. The van der Waals surface area contributed by atoms with E-state index in [-0.39, 0.29) is 17.9 Å². The smallest absolute Gasteiger partial charge is 0.220 e. The second-order valence-corrected chi connectivity index (χ2v) is 2.66. The lowest BCUT2D eigenvalue weighted by Gasteiger charge is -2.18. The topological polar surface area (TPSA) is 69.1 Å². The fourth-order valence-electron chi connectivity index (χ4n) is 1.15. The van der Waals surface area contributed by atoms with E-state index in [1.165, 1.54) is 0 Å². The minimum atomic E-state index is -0.236. The lowest BCUT2D eigenvalue weighted by Crippen LogP contribution is -2.32. The number of amides is 1. The third-order valence-electron chi connectivity index (χ3n) is 1.76. The Bertz CT molecular complexity index is 165. The minimum Gasteiger partial charge on any atom is -0.369 e. The summed E-state index contributed by atoms with van der Waals surface area (Å²) in [4.78, 5) is 10.6. The first kappa shape index (κ1) is 7.28. The van der Waals surface area contributed by atoms with Crippen molar-refractivity contribution in [1.82, 2.24) is 0 Å². The van der Waals surface area contributed by atoms with Gasteiger partial charge in [0.2, 0.25) is 5.91 Å². The van der Waals surface area contributed by atoms with Crippen molar-refractivity contribution in [2.45, 2.75) is 18.9 Å². The highest BCUT2D eigenvalue weighted by Gasteiger charge is 2.19. The SMILES string of the molecule is NC(=O)[C@H]1CC=C[C@H](N)C1. The van der Waals surface area contributed by atoms with Gasteiger partial charge in [0.1, 0.15) is 0 Å². The van der Waals surface area contributed by atoms with Crippen LogP contribution in [0.5, 0.6) is 0 Å². The molecule has 0 fully saturated rings. The summed E-state index contributed by atoms with van der Waals surface area (Å²) in [5.41, 5.74) is 10.7. The van der Waals surface area contributed by atoms with E-state index in [0.717, 1.165) is 6.42 Å². The van der Waals surface area contributed by atoms with Gasteiger partial charge < -0.3 is 11.5 Å². The van der Waals surface area contributed by atoms with Gasteiger partial charge in [-0.25, -0.2) is 0 Å². The molecule has 1 aliphatic rings. The van der Waals surface area contributed by atoms with Crippen LogP contribution in [0.15, 0.2) is 12.2 Å². The second kappa shape index (κ2) is 2.84. The Morgan fingerprint density at radius 2 is 2.30 bits per heavy atom. The molecule has 1 aliphatic carbocycles. The molecule has 3 nitrogen and oxygen atoms in total. The number of nitrogens with two attached hydrogens (primary N) is 2. The Balaban J connectivity index is 2.52. The normalized spacial score (nSPS) is 32.1. The molecule has 4 N–H and O–H groups in total. The van der Waals surface area contributed by atoms with Gasteiger partial charge in [-0.15, -0.1) is 0 Å². The van der Waals surface area contributed by atoms with Crippen LogP contribution in [0.25, 0.3) is 0 Å². The molecule has 0 aromatic heterocycles. The highest BCUT2D eigenvalue weighted by Crippen LogP contribution is 2.16. The molecule has 0 saturated heterocycles. The van der Waals surface area contributed by atoms with Crippen LogP contribution in [0.3, 0.4) is 0 Å². The van der Waals surface area contributed by atoms with Gasteiger partial charge in [-0.2, -0.15) is 0 Å². The molecular formula is C7H12N2O. The van der Waals surface area contributed by atoms with E-state index in [1.54, 1.807) is 0 Å². The first-order valence-electron chi connectivity index (χ1n) is 3.41. The average molecular weight is 140 g/mol. The Morgan fingerprint density at radius 3 is 2.70 bits per heavy atom. The van der Waals surface area contributed by atoms with E-state index in [4.69, 9.17) is 11.5 Å². The maximum atomic E-state index is 10.6. The van der Waals surface area contributed by atoms with Gasteiger partial charge in [0, 0.05) is 12.0 Å². The summed E-state index contributed by atoms with van der Waals surface area (Å²) in [5.74, 6) is -0.278. The molecule has 0 heterocycles. The van der Waals surface area contributed by atoms with Crippen molar-refractivity contribution in [2.24, 2.45) is 17.4 Å². The van der Waals surface area contributed by atoms with E-state index >= 15 is 0 Å². The van der Waals surface area contributed by atoms with Gasteiger partial charge >= 0.3 is 0 Å².